The van der Waals surface area contributed by atoms with Crippen LogP contribution in [-0.2, 0) is 22.9 Å². The van der Waals surface area contributed by atoms with E-state index in [1.165, 1.54) is 0 Å². The Morgan fingerprint density at radius 2 is 1.55 bits per heavy atom. The zero-order valence-electron chi connectivity index (χ0n) is 9.71. The fraction of sp³-hybridized carbons (Fsp3) is 1.00. The van der Waals surface area contributed by atoms with Crippen molar-refractivity contribution in [1.29, 1.82) is 0 Å². The van der Waals surface area contributed by atoms with Crippen molar-refractivity contribution in [3.63, 3.8) is 0 Å². The van der Waals surface area contributed by atoms with E-state index >= 15 is 0 Å². The third-order valence-corrected chi connectivity index (χ3v) is 3.32. The van der Waals surface area contributed by atoms with Crippen molar-refractivity contribution in [1.82, 2.24) is 0 Å². The van der Waals surface area contributed by atoms with Gasteiger partial charge in [0, 0.05) is 0 Å². The minimum Gasteiger partial charge on any atom is -0.387 e. The first-order valence-electron chi connectivity index (χ1n) is 5.00. The Labute approximate surface area is 112 Å². The monoisotopic (exact) mass is 340 g/mol. The van der Waals surface area contributed by atoms with Gasteiger partial charge in [-0.05, 0) is 0 Å². The molecule has 7 N–H and O–H groups in total. The lowest BCUT2D eigenvalue weighted by Crippen LogP contribution is -2.46. The molecule has 0 radical (unpaired) electrons. The zero-order chi connectivity index (χ0) is 15.8. The number of hydrogen-bond donors (Lipinski definition) is 7. The Balaban J connectivity index is 2.67. The maximum Gasteiger partial charge on any atom is 0.469 e. The van der Waals surface area contributed by atoms with E-state index < -0.39 is 53.0 Å². The summed E-state index contributed by atoms with van der Waals surface area (Å²) >= 11 is 0. The molecule has 14 heteroatoms. The molecule has 0 amide bonds. The van der Waals surface area contributed by atoms with E-state index in [4.69, 9.17) is 19.6 Å². The average molecular weight is 340 g/mol. The standard InChI is InChI=1S/C6H14O12P2/c7-4-3(1-16-19(10,11)12)18-6(9,5(4)8)2-17-20(13,14)15/h3-5,7-9H,1-2H2,(H2,10,11,12)(H2,13,14,15)/t3-,4?,5?,6+/m1/s1. The number of aliphatic hydroxyl groups excluding tert-OH is 2. The van der Waals surface area contributed by atoms with Gasteiger partial charge in [0.25, 0.3) is 0 Å². The highest BCUT2D eigenvalue weighted by Crippen LogP contribution is 2.41. The summed E-state index contributed by atoms with van der Waals surface area (Å²) in [5, 5.41) is 28.8. The van der Waals surface area contributed by atoms with E-state index in [2.05, 4.69) is 13.8 Å². The van der Waals surface area contributed by atoms with E-state index in [0.717, 1.165) is 0 Å². The van der Waals surface area contributed by atoms with Crippen LogP contribution in [0.15, 0.2) is 0 Å². The second-order valence-electron chi connectivity index (χ2n) is 3.99. The lowest BCUT2D eigenvalue weighted by Gasteiger charge is -2.25. The van der Waals surface area contributed by atoms with Gasteiger partial charge in [-0.2, -0.15) is 0 Å². The average Bonchev–Trinajstić information content (AvgIpc) is 2.48. The Morgan fingerprint density at radius 3 is 2.00 bits per heavy atom. The highest BCUT2D eigenvalue weighted by molar-refractivity contribution is 7.46. The fourth-order valence-corrected chi connectivity index (χ4v) is 2.17. The summed E-state index contributed by atoms with van der Waals surface area (Å²) < 4.78 is 33.6. The molecular weight excluding hydrogens is 326 g/mol. The SMILES string of the molecule is O=P(O)(O)OC[C@H]1O[C@@](O)(COP(=O)(O)O)C(O)C1O. The Bertz CT molecular complexity index is 428. The zero-order valence-corrected chi connectivity index (χ0v) is 11.5. The molecule has 4 atom stereocenters. The first-order valence-corrected chi connectivity index (χ1v) is 8.07. The number of ether oxygens (including phenoxy) is 1. The van der Waals surface area contributed by atoms with Crippen LogP contribution in [0.3, 0.4) is 0 Å². The third kappa shape index (κ3) is 5.11. The van der Waals surface area contributed by atoms with Gasteiger partial charge in [-0.1, -0.05) is 0 Å². The molecule has 1 heterocycles. The molecule has 0 spiro atoms. The molecule has 1 aliphatic heterocycles. The number of rotatable bonds is 6. The van der Waals surface area contributed by atoms with Crippen LogP contribution in [0.2, 0.25) is 0 Å². The molecule has 120 valence electrons. The van der Waals surface area contributed by atoms with Gasteiger partial charge in [0.15, 0.2) is 0 Å². The topological polar surface area (TPSA) is 203 Å². The first kappa shape index (κ1) is 18.1. The molecule has 0 aromatic rings. The largest absolute Gasteiger partial charge is 0.469 e. The predicted molar refractivity (Wildman–Crippen MR) is 57.8 cm³/mol. The smallest absolute Gasteiger partial charge is 0.387 e. The summed E-state index contributed by atoms with van der Waals surface area (Å²) in [6, 6.07) is 0. The van der Waals surface area contributed by atoms with Gasteiger partial charge in [0.05, 0.1) is 6.61 Å². The summed E-state index contributed by atoms with van der Waals surface area (Å²) in [7, 11) is -9.82. The molecule has 0 aromatic carbocycles. The molecule has 1 fully saturated rings. The van der Waals surface area contributed by atoms with Crippen molar-refractivity contribution in [3.05, 3.63) is 0 Å². The van der Waals surface area contributed by atoms with Gasteiger partial charge in [-0.3, -0.25) is 9.05 Å². The summed E-state index contributed by atoms with van der Waals surface area (Å²) in [6.07, 6.45) is -5.38. The summed E-state index contributed by atoms with van der Waals surface area (Å²) in [6.45, 7) is -2.05. The second kappa shape index (κ2) is 6.05. The van der Waals surface area contributed by atoms with Crippen LogP contribution < -0.4 is 0 Å². The highest BCUT2D eigenvalue weighted by Gasteiger charge is 2.54. The minimum absolute atomic E-state index is 0.874. The van der Waals surface area contributed by atoms with Crippen LogP contribution in [0, 0.1) is 0 Å². The summed E-state index contributed by atoms with van der Waals surface area (Å²) in [4.78, 5) is 33.9. The van der Waals surface area contributed by atoms with Crippen LogP contribution in [0.5, 0.6) is 0 Å². The van der Waals surface area contributed by atoms with Crippen LogP contribution in [0.1, 0.15) is 0 Å². The quantitative estimate of drug-likeness (QED) is 0.242. The summed E-state index contributed by atoms with van der Waals surface area (Å²) in [5.41, 5.74) is 0. The van der Waals surface area contributed by atoms with Gasteiger partial charge in [0.2, 0.25) is 5.79 Å². The molecule has 1 aliphatic rings. The Morgan fingerprint density at radius 1 is 1.05 bits per heavy atom. The number of hydrogen-bond acceptors (Lipinski definition) is 8. The van der Waals surface area contributed by atoms with E-state index in [-0.39, 0.29) is 0 Å². The number of phosphoric ester groups is 2. The van der Waals surface area contributed by atoms with Crippen molar-refractivity contribution in [2.45, 2.75) is 24.1 Å². The molecule has 0 bridgehead atoms. The van der Waals surface area contributed by atoms with Crippen LogP contribution in [0.4, 0.5) is 0 Å². The van der Waals surface area contributed by atoms with Gasteiger partial charge < -0.3 is 39.6 Å². The van der Waals surface area contributed by atoms with E-state index in [0.29, 0.717) is 0 Å². The Hall–Kier alpha value is 0.0600. The molecule has 12 nitrogen and oxygen atoms in total. The number of aliphatic hydroxyl groups is 3. The second-order valence-corrected chi connectivity index (χ2v) is 6.47. The van der Waals surface area contributed by atoms with Gasteiger partial charge in [0.1, 0.15) is 24.9 Å². The normalized spacial score (nSPS) is 35.5. The molecular formula is C6H14O12P2. The molecule has 0 aliphatic carbocycles. The number of phosphoric acid groups is 2. The van der Waals surface area contributed by atoms with E-state index in [1.807, 2.05) is 0 Å². The third-order valence-electron chi connectivity index (χ3n) is 2.37. The van der Waals surface area contributed by atoms with Crippen LogP contribution in [0.25, 0.3) is 0 Å². The van der Waals surface area contributed by atoms with Gasteiger partial charge in [-0.25, -0.2) is 9.13 Å². The van der Waals surface area contributed by atoms with E-state index in [9.17, 15) is 24.4 Å². The van der Waals surface area contributed by atoms with Crippen LogP contribution in [-0.4, -0.2) is 72.2 Å². The van der Waals surface area contributed by atoms with Gasteiger partial charge >= 0.3 is 15.6 Å². The van der Waals surface area contributed by atoms with Crippen molar-refractivity contribution >= 4 is 15.6 Å². The Kier molecular flexibility index (Phi) is 5.48. The maximum absolute atomic E-state index is 10.5. The van der Waals surface area contributed by atoms with Crippen molar-refractivity contribution in [2.75, 3.05) is 13.2 Å². The molecule has 20 heavy (non-hydrogen) atoms. The van der Waals surface area contributed by atoms with E-state index in [1.54, 1.807) is 0 Å². The molecule has 1 rings (SSSR count). The molecule has 1 saturated heterocycles. The first-order chi connectivity index (χ1) is 8.84. The lowest BCUT2D eigenvalue weighted by atomic mass is 10.1. The van der Waals surface area contributed by atoms with Crippen molar-refractivity contribution < 1.29 is 57.8 Å². The lowest BCUT2D eigenvalue weighted by molar-refractivity contribution is -0.245. The summed E-state index contributed by atoms with van der Waals surface area (Å²) in [5.74, 6) is -2.66. The fourth-order valence-electron chi connectivity index (χ4n) is 1.47. The maximum atomic E-state index is 10.5. The van der Waals surface area contributed by atoms with Crippen molar-refractivity contribution in [2.24, 2.45) is 0 Å². The van der Waals surface area contributed by atoms with Crippen LogP contribution >= 0.6 is 15.6 Å². The predicted octanol–water partition coefficient (Wildman–Crippen LogP) is -2.99. The highest BCUT2D eigenvalue weighted by atomic mass is 31.2. The molecule has 0 aromatic heterocycles. The minimum atomic E-state index is -4.96. The van der Waals surface area contributed by atoms with Gasteiger partial charge in [-0.15, -0.1) is 0 Å². The molecule has 0 saturated carbocycles. The van der Waals surface area contributed by atoms with Crippen molar-refractivity contribution in [3.8, 4) is 0 Å². The molecule has 2 unspecified atom stereocenters.